The fraction of sp³-hybridized carbons (Fsp3) is 0.588. The maximum absolute atomic E-state index is 11.2. The van der Waals surface area contributed by atoms with E-state index in [4.69, 9.17) is 10.5 Å². The second-order valence-corrected chi connectivity index (χ2v) is 6.75. The van der Waals surface area contributed by atoms with Crippen LogP contribution in [0, 0.1) is 13.8 Å². The van der Waals surface area contributed by atoms with Crippen molar-refractivity contribution in [1.29, 1.82) is 0 Å². The van der Waals surface area contributed by atoms with Crippen molar-refractivity contribution in [2.45, 2.75) is 46.3 Å². The summed E-state index contributed by atoms with van der Waals surface area (Å²) in [5.41, 5.74) is 7.23. The lowest BCUT2D eigenvalue weighted by atomic mass is 10.1. The summed E-state index contributed by atoms with van der Waals surface area (Å²) in [5.74, 6) is 0.360. The van der Waals surface area contributed by atoms with Crippen molar-refractivity contribution in [2.75, 3.05) is 19.7 Å². The van der Waals surface area contributed by atoms with Crippen molar-refractivity contribution in [3.05, 3.63) is 29.3 Å². The molecule has 0 spiro atoms. The minimum atomic E-state index is -0.695. The molecule has 0 aliphatic rings. The number of nitrogens with zero attached hydrogens (tertiary/aromatic N) is 1. The summed E-state index contributed by atoms with van der Waals surface area (Å²) in [5, 5.41) is 10.2. The average molecular weight is 308 g/mol. The highest BCUT2D eigenvalue weighted by atomic mass is 16.5. The van der Waals surface area contributed by atoms with Gasteiger partial charge in [-0.3, -0.25) is 9.69 Å². The Labute approximate surface area is 133 Å². The third kappa shape index (κ3) is 6.03. The highest BCUT2D eigenvalue weighted by Gasteiger charge is 2.25. The molecule has 0 heterocycles. The predicted octanol–water partition coefficient (Wildman–Crippen LogP) is 1.63. The van der Waals surface area contributed by atoms with Crippen molar-refractivity contribution in [3.63, 3.8) is 0 Å². The summed E-state index contributed by atoms with van der Waals surface area (Å²) in [4.78, 5) is 13.0. The van der Waals surface area contributed by atoms with Gasteiger partial charge in [-0.2, -0.15) is 0 Å². The number of aryl methyl sites for hydroxylation is 2. The number of rotatable bonds is 7. The molecule has 0 fully saturated rings. The zero-order valence-corrected chi connectivity index (χ0v) is 14.2. The smallest absolute Gasteiger partial charge is 0.231 e. The summed E-state index contributed by atoms with van der Waals surface area (Å²) in [7, 11) is 0. The van der Waals surface area contributed by atoms with Crippen molar-refractivity contribution >= 4 is 5.91 Å². The fourth-order valence-electron chi connectivity index (χ4n) is 2.22. The number of carbonyl (C=O) groups excluding carboxylic acids is 1. The molecular formula is C17H28N2O3. The number of hydrogen-bond donors (Lipinski definition) is 2. The monoisotopic (exact) mass is 308 g/mol. The van der Waals surface area contributed by atoms with Crippen LogP contribution in [0.15, 0.2) is 18.2 Å². The van der Waals surface area contributed by atoms with E-state index in [0.717, 1.165) is 11.3 Å². The Balaban J connectivity index is 2.60. The molecule has 1 atom stereocenters. The minimum absolute atomic E-state index is 0.115. The topological polar surface area (TPSA) is 75.8 Å². The van der Waals surface area contributed by atoms with Gasteiger partial charge in [-0.25, -0.2) is 0 Å². The highest BCUT2D eigenvalue weighted by molar-refractivity contribution is 5.76. The Hall–Kier alpha value is -1.59. The van der Waals surface area contributed by atoms with E-state index in [2.05, 4.69) is 0 Å². The molecule has 0 aliphatic carbocycles. The van der Waals surface area contributed by atoms with E-state index in [1.54, 1.807) is 0 Å². The molecule has 5 heteroatoms. The molecule has 5 nitrogen and oxygen atoms in total. The number of aliphatic hydroxyl groups is 1. The summed E-state index contributed by atoms with van der Waals surface area (Å²) in [6.45, 7) is 10.6. The number of nitrogens with two attached hydrogens (primary N) is 1. The van der Waals surface area contributed by atoms with E-state index in [9.17, 15) is 9.90 Å². The summed E-state index contributed by atoms with van der Waals surface area (Å²) in [6, 6.07) is 5.92. The van der Waals surface area contributed by atoms with Crippen LogP contribution in [0.3, 0.4) is 0 Å². The van der Waals surface area contributed by atoms with Crippen LogP contribution in [0.1, 0.15) is 31.9 Å². The Morgan fingerprint density at radius 2 is 2.00 bits per heavy atom. The zero-order valence-electron chi connectivity index (χ0n) is 14.2. The maximum atomic E-state index is 11.2. The molecule has 0 aliphatic heterocycles. The van der Waals surface area contributed by atoms with Gasteiger partial charge in [0.05, 0.1) is 6.54 Å². The molecule has 0 saturated carbocycles. The van der Waals surface area contributed by atoms with Crippen molar-refractivity contribution < 1.29 is 14.6 Å². The normalized spacial score (nSPS) is 13.2. The Bertz CT molecular complexity index is 509. The van der Waals surface area contributed by atoms with Gasteiger partial charge in [0.2, 0.25) is 5.91 Å². The third-order valence-electron chi connectivity index (χ3n) is 3.49. The number of carbonyl (C=O) groups is 1. The van der Waals surface area contributed by atoms with E-state index in [1.165, 1.54) is 5.56 Å². The first-order chi connectivity index (χ1) is 10.1. The standard InChI is InChI=1S/C17H28N2O3/c1-12-6-7-15(13(2)8-12)22-11-14(20)9-19(10-16(18)21)17(3,4)5/h6-8,14,20H,9-11H2,1-5H3,(H2,18,21). The summed E-state index contributed by atoms with van der Waals surface area (Å²) in [6.07, 6.45) is -0.695. The second-order valence-electron chi connectivity index (χ2n) is 6.75. The molecule has 1 amide bonds. The zero-order chi connectivity index (χ0) is 16.9. The first-order valence-corrected chi connectivity index (χ1v) is 7.51. The van der Waals surface area contributed by atoms with Crippen LogP contribution in [0.5, 0.6) is 5.75 Å². The van der Waals surface area contributed by atoms with Crippen LogP contribution in [-0.2, 0) is 4.79 Å². The van der Waals surface area contributed by atoms with Gasteiger partial charge in [0.25, 0.3) is 0 Å². The fourth-order valence-corrected chi connectivity index (χ4v) is 2.22. The molecule has 0 radical (unpaired) electrons. The Morgan fingerprint density at radius 3 is 2.50 bits per heavy atom. The predicted molar refractivity (Wildman–Crippen MR) is 87.9 cm³/mol. The highest BCUT2D eigenvalue weighted by Crippen LogP contribution is 2.19. The quantitative estimate of drug-likeness (QED) is 0.803. The molecule has 1 rings (SSSR count). The number of ether oxygens (including phenoxy) is 1. The summed E-state index contributed by atoms with van der Waals surface area (Å²) < 4.78 is 5.68. The van der Waals surface area contributed by atoms with E-state index in [-0.39, 0.29) is 18.7 Å². The van der Waals surface area contributed by atoms with Crippen molar-refractivity contribution in [3.8, 4) is 5.75 Å². The van der Waals surface area contributed by atoms with Crippen LogP contribution in [0.25, 0.3) is 0 Å². The molecular weight excluding hydrogens is 280 g/mol. The molecule has 1 aromatic carbocycles. The lowest BCUT2D eigenvalue weighted by Gasteiger charge is -2.36. The molecule has 0 saturated heterocycles. The van der Waals surface area contributed by atoms with Crippen LogP contribution in [0.4, 0.5) is 0 Å². The number of benzene rings is 1. The molecule has 1 aromatic rings. The lowest BCUT2D eigenvalue weighted by Crippen LogP contribution is -2.50. The first-order valence-electron chi connectivity index (χ1n) is 7.51. The maximum Gasteiger partial charge on any atom is 0.231 e. The van der Waals surface area contributed by atoms with Crippen LogP contribution in [0.2, 0.25) is 0 Å². The van der Waals surface area contributed by atoms with Crippen molar-refractivity contribution in [2.24, 2.45) is 5.73 Å². The molecule has 124 valence electrons. The molecule has 0 bridgehead atoms. The number of primary amides is 1. The van der Waals surface area contributed by atoms with Gasteiger partial charge in [0.1, 0.15) is 18.5 Å². The molecule has 3 N–H and O–H groups in total. The number of amides is 1. The number of hydrogen-bond acceptors (Lipinski definition) is 4. The molecule has 22 heavy (non-hydrogen) atoms. The lowest BCUT2D eigenvalue weighted by molar-refractivity contribution is -0.121. The van der Waals surface area contributed by atoms with Crippen molar-refractivity contribution in [1.82, 2.24) is 4.90 Å². The van der Waals surface area contributed by atoms with Gasteiger partial charge in [-0.05, 0) is 46.2 Å². The number of β-amino-alcohol motifs (C(OH)–C–C–N with tert-alkyl or cyclic N) is 1. The van der Waals surface area contributed by atoms with Gasteiger partial charge in [0, 0.05) is 12.1 Å². The first kappa shape index (κ1) is 18.5. The minimum Gasteiger partial charge on any atom is -0.491 e. The van der Waals surface area contributed by atoms with Gasteiger partial charge < -0.3 is 15.6 Å². The Morgan fingerprint density at radius 1 is 1.36 bits per heavy atom. The van der Waals surface area contributed by atoms with E-state index < -0.39 is 12.0 Å². The van der Waals surface area contributed by atoms with E-state index in [1.807, 2.05) is 57.7 Å². The molecule has 1 unspecified atom stereocenters. The number of aliphatic hydroxyl groups excluding tert-OH is 1. The van der Waals surface area contributed by atoms with Gasteiger partial charge in [-0.15, -0.1) is 0 Å². The van der Waals surface area contributed by atoms with Gasteiger partial charge >= 0.3 is 0 Å². The summed E-state index contributed by atoms with van der Waals surface area (Å²) >= 11 is 0. The van der Waals surface area contributed by atoms with Gasteiger partial charge in [-0.1, -0.05) is 17.7 Å². The van der Waals surface area contributed by atoms with Crippen LogP contribution >= 0.6 is 0 Å². The largest absolute Gasteiger partial charge is 0.491 e. The Kier molecular flexibility index (Phi) is 6.38. The third-order valence-corrected chi connectivity index (χ3v) is 3.49. The molecule has 0 aromatic heterocycles. The van der Waals surface area contributed by atoms with E-state index >= 15 is 0 Å². The van der Waals surface area contributed by atoms with Crippen LogP contribution in [-0.4, -0.2) is 47.3 Å². The van der Waals surface area contributed by atoms with Crippen LogP contribution < -0.4 is 10.5 Å². The van der Waals surface area contributed by atoms with Gasteiger partial charge in [0.15, 0.2) is 0 Å². The second kappa shape index (κ2) is 7.61. The van der Waals surface area contributed by atoms with E-state index in [0.29, 0.717) is 6.54 Å². The SMILES string of the molecule is Cc1ccc(OCC(O)CN(CC(N)=O)C(C)(C)C)c(C)c1. The average Bonchev–Trinajstić information content (AvgIpc) is 2.35.